The van der Waals surface area contributed by atoms with E-state index in [0.29, 0.717) is 6.54 Å². The minimum atomic E-state index is -3.96. The van der Waals surface area contributed by atoms with Gasteiger partial charge in [0.25, 0.3) is 10.0 Å². The molecule has 1 N–H and O–H groups in total. The van der Waals surface area contributed by atoms with Crippen LogP contribution >= 0.6 is 0 Å². The van der Waals surface area contributed by atoms with E-state index in [1.807, 2.05) is 12.3 Å². The molecule has 0 saturated carbocycles. The fourth-order valence-electron chi connectivity index (χ4n) is 3.38. The van der Waals surface area contributed by atoms with Crippen LogP contribution in [0.15, 0.2) is 78.1 Å². The maximum absolute atomic E-state index is 14.5. The van der Waals surface area contributed by atoms with E-state index in [9.17, 15) is 12.8 Å². The summed E-state index contributed by atoms with van der Waals surface area (Å²) in [7, 11) is -0.391. The molecule has 0 unspecified atom stereocenters. The maximum atomic E-state index is 14.5. The van der Waals surface area contributed by atoms with E-state index < -0.39 is 15.8 Å². The Bertz CT molecular complexity index is 1310. The SMILES string of the molecule is CNCc1cc(-c2ccccc2F)n(S(=O)(=O)c2cccc(-c3cnn(C)c3)c2)c1. The van der Waals surface area contributed by atoms with Crippen LogP contribution in [0.4, 0.5) is 4.39 Å². The number of nitrogens with one attached hydrogen (secondary N) is 1. The van der Waals surface area contributed by atoms with Crippen molar-refractivity contribution in [3.8, 4) is 22.4 Å². The smallest absolute Gasteiger partial charge is 0.268 e. The Hall–Kier alpha value is -3.23. The highest BCUT2D eigenvalue weighted by atomic mass is 32.2. The molecule has 30 heavy (non-hydrogen) atoms. The standard InChI is InChI=1S/C22H21FN4O2S/c1-24-12-16-10-22(20-8-3-4-9-21(20)23)27(14-16)30(28,29)19-7-5-6-17(11-19)18-13-25-26(2)15-18/h3-11,13-15,24H,12H2,1-2H3. The van der Waals surface area contributed by atoms with E-state index in [0.717, 1.165) is 20.7 Å². The first-order chi connectivity index (χ1) is 14.4. The number of hydrogen-bond donors (Lipinski definition) is 1. The number of rotatable bonds is 6. The van der Waals surface area contributed by atoms with Gasteiger partial charge in [-0.3, -0.25) is 4.68 Å². The van der Waals surface area contributed by atoms with Gasteiger partial charge in [0, 0.05) is 37.1 Å². The number of aryl methyl sites for hydroxylation is 1. The van der Waals surface area contributed by atoms with E-state index >= 15 is 0 Å². The Morgan fingerprint density at radius 2 is 1.83 bits per heavy atom. The summed E-state index contributed by atoms with van der Waals surface area (Å²) in [6, 6.07) is 14.5. The van der Waals surface area contributed by atoms with Crippen molar-refractivity contribution in [3.63, 3.8) is 0 Å². The van der Waals surface area contributed by atoms with Crippen LogP contribution in [0.3, 0.4) is 0 Å². The minimum Gasteiger partial charge on any atom is -0.316 e. The van der Waals surface area contributed by atoms with Gasteiger partial charge >= 0.3 is 0 Å². The zero-order chi connectivity index (χ0) is 21.3. The molecule has 4 aromatic rings. The topological polar surface area (TPSA) is 68.9 Å². The van der Waals surface area contributed by atoms with Crippen molar-refractivity contribution in [2.45, 2.75) is 11.4 Å². The third kappa shape index (κ3) is 3.67. The average Bonchev–Trinajstić information content (AvgIpc) is 3.36. The van der Waals surface area contributed by atoms with Gasteiger partial charge in [0.1, 0.15) is 5.82 Å². The first kappa shape index (κ1) is 20.1. The molecular weight excluding hydrogens is 403 g/mol. The molecule has 6 nitrogen and oxygen atoms in total. The predicted molar refractivity (Wildman–Crippen MR) is 114 cm³/mol. The molecule has 4 rings (SSSR count). The molecule has 0 atom stereocenters. The van der Waals surface area contributed by atoms with Crippen LogP contribution in [0.1, 0.15) is 5.56 Å². The highest BCUT2D eigenvalue weighted by Crippen LogP contribution is 2.30. The molecule has 0 fully saturated rings. The molecular formula is C22H21FN4O2S. The second kappa shape index (κ2) is 7.89. The van der Waals surface area contributed by atoms with E-state index in [2.05, 4.69) is 10.4 Å². The molecule has 2 aromatic carbocycles. The quantitative estimate of drug-likeness (QED) is 0.513. The lowest BCUT2D eigenvalue weighted by Gasteiger charge is -2.12. The molecule has 0 aliphatic rings. The molecule has 154 valence electrons. The molecule has 0 aliphatic carbocycles. The third-order valence-electron chi connectivity index (χ3n) is 4.80. The first-order valence-electron chi connectivity index (χ1n) is 9.35. The van der Waals surface area contributed by atoms with Crippen molar-refractivity contribution >= 4 is 10.0 Å². The highest BCUT2D eigenvalue weighted by Gasteiger charge is 2.23. The maximum Gasteiger partial charge on any atom is 0.268 e. The van der Waals surface area contributed by atoms with E-state index in [4.69, 9.17) is 0 Å². The largest absolute Gasteiger partial charge is 0.316 e. The number of nitrogens with zero attached hydrogens (tertiary/aromatic N) is 3. The van der Waals surface area contributed by atoms with Gasteiger partial charge in [0.2, 0.25) is 0 Å². The van der Waals surface area contributed by atoms with Gasteiger partial charge in [-0.2, -0.15) is 5.10 Å². The normalized spacial score (nSPS) is 11.7. The van der Waals surface area contributed by atoms with Gasteiger partial charge in [0.15, 0.2) is 0 Å². The number of halogens is 1. The molecule has 0 spiro atoms. The molecule has 8 heteroatoms. The van der Waals surface area contributed by atoms with Gasteiger partial charge in [-0.1, -0.05) is 24.3 Å². The number of aromatic nitrogens is 3. The van der Waals surface area contributed by atoms with Crippen LogP contribution in [0.2, 0.25) is 0 Å². The van der Waals surface area contributed by atoms with Gasteiger partial charge in [-0.05, 0) is 48.5 Å². The summed E-state index contributed by atoms with van der Waals surface area (Å²) in [4.78, 5) is 0.119. The predicted octanol–water partition coefficient (Wildman–Crippen LogP) is 3.65. The van der Waals surface area contributed by atoms with Gasteiger partial charge in [-0.25, -0.2) is 16.8 Å². The second-order valence-corrected chi connectivity index (χ2v) is 8.79. The van der Waals surface area contributed by atoms with Crippen molar-refractivity contribution in [2.24, 2.45) is 7.05 Å². The summed E-state index contributed by atoms with van der Waals surface area (Å²) in [6.45, 7) is 0.458. The van der Waals surface area contributed by atoms with Crippen LogP contribution in [0, 0.1) is 5.82 Å². The van der Waals surface area contributed by atoms with E-state index in [1.54, 1.807) is 61.4 Å². The second-order valence-electron chi connectivity index (χ2n) is 6.98. The zero-order valence-electron chi connectivity index (χ0n) is 16.6. The number of benzene rings is 2. The molecule has 0 bridgehead atoms. The summed E-state index contributed by atoms with van der Waals surface area (Å²) in [5.74, 6) is -0.479. The minimum absolute atomic E-state index is 0.119. The molecule has 0 amide bonds. The van der Waals surface area contributed by atoms with Crippen molar-refractivity contribution in [2.75, 3.05) is 7.05 Å². The van der Waals surface area contributed by atoms with Gasteiger partial charge in [0.05, 0.1) is 16.8 Å². The van der Waals surface area contributed by atoms with Crippen LogP contribution in [0.5, 0.6) is 0 Å². The summed E-state index contributed by atoms with van der Waals surface area (Å²) in [5, 5.41) is 7.15. The van der Waals surface area contributed by atoms with Gasteiger partial charge in [-0.15, -0.1) is 0 Å². The van der Waals surface area contributed by atoms with Crippen molar-refractivity contribution in [1.29, 1.82) is 0 Å². The zero-order valence-corrected chi connectivity index (χ0v) is 17.4. The molecule has 0 saturated heterocycles. The van der Waals surface area contributed by atoms with Crippen molar-refractivity contribution < 1.29 is 12.8 Å². The van der Waals surface area contributed by atoms with E-state index in [1.165, 1.54) is 18.3 Å². The fourth-order valence-corrected chi connectivity index (χ4v) is 4.82. The lowest BCUT2D eigenvalue weighted by molar-refractivity contribution is 0.587. The van der Waals surface area contributed by atoms with Crippen LogP contribution in [-0.2, 0) is 23.6 Å². The molecule has 0 aliphatic heterocycles. The lowest BCUT2D eigenvalue weighted by atomic mass is 10.1. The van der Waals surface area contributed by atoms with Crippen molar-refractivity contribution in [1.82, 2.24) is 19.1 Å². The molecule has 2 aromatic heterocycles. The monoisotopic (exact) mass is 424 g/mol. The summed E-state index contributed by atoms with van der Waals surface area (Å²) < 4.78 is 44.4. The Morgan fingerprint density at radius 3 is 2.53 bits per heavy atom. The summed E-state index contributed by atoms with van der Waals surface area (Å²) >= 11 is 0. The van der Waals surface area contributed by atoms with E-state index in [-0.39, 0.29) is 16.2 Å². The Kier molecular flexibility index (Phi) is 5.27. The highest BCUT2D eigenvalue weighted by molar-refractivity contribution is 7.90. The summed E-state index contributed by atoms with van der Waals surface area (Å²) in [5.41, 5.74) is 2.80. The lowest BCUT2D eigenvalue weighted by Crippen LogP contribution is -2.14. The third-order valence-corrected chi connectivity index (χ3v) is 6.47. The average molecular weight is 425 g/mol. The molecule has 0 radical (unpaired) electrons. The van der Waals surface area contributed by atoms with Crippen LogP contribution < -0.4 is 5.32 Å². The Morgan fingerprint density at radius 1 is 1.03 bits per heavy atom. The van der Waals surface area contributed by atoms with Gasteiger partial charge < -0.3 is 5.32 Å². The van der Waals surface area contributed by atoms with Crippen LogP contribution in [-0.4, -0.2) is 29.2 Å². The fraction of sp³-hybridized carbons (Fsp3) is 0.136. The van der Waals surface area contributed by atoms with Crippen LogP contribution in [0.25, 0.3) is 22.4 Å². The Labute approximate surface area is 174 Å². The first-order valence-corrected chi connectivity index (χ1v) is 10.8. The summed E-state index contributed by atoms with van der Waals surface area (Å²) in [6.07, 6.45) is 5.03. The Balaban J connectivity index is 1.86. The molecule has 2 heterocycles. The van der Waals surface area contributed by atoms with Crippen molar-refractivity contribution in [3.05, 3.63) is 84.6 Å². The number of hydrogen-bond acceptors (Lipinski definition) is 4.